The van der Waals surface area contributed by atoms with Crippen LogP contribution in [0.15, 0.2) is 12.7 Å². The Morgan fingerprint density at radius 1 is 1.06 bits per heavy atom. The summed E-state index contributed by atoms with van der Waals surface area (Å²) in [4.78, 5) is 21.2. The van der Waals surface area contributed by atoms with Crippen LogP contribution in [0.3, 0.4) is 0 Å². The van der Waals surface area contributed by atoms with Crippen LogP contribution in [0.25, 0.3) is 0 Å². The molecule has 16 heavy (non-hydrogen) atoms. The fourth-order valence-corrected chi connectivity index (χ4v) is 1.00. The Balaban J connectivity index is 3.13. The molecule has 0 saturated heterocycles. The van der Waals surface area contributed by atoms with Crippen molar-refractivity contribution in [1.82, 2.24) is 0 Å². The van der Waals surface area contributed by atoms with E-state index < -0.39 is 12.1 Å². The quantitative estimate of drug-likeness (QED) is 0.363. The van der Waals surface area contributed by atoms with Gasteiger partial charge in [0.2, 0.25) is 0 Å². The molecule has 0 aliphatic rings. The molecule has 0 aromatic carbocycles. The summed E-state index contributed by atoms with van der Waals surface area (Å²) in [5, 5.41) is 0. The minimum Gasteiger partial charge on any atom is -0.463 e. The zero-order chi connectivity index (χ0) is 12.2. The average Bonchev–Trinajstić information content (AvgIpc) is 2.31. The zero-order valence-electron chi connectivity index (χ0n) is 9.57. The third-order valence-corrected chi connectivity index (χ3v) is 1.84. The van der Waals surface area contributed by atoms with Crippen molar-refractivity contribution in [1.29, 1.82) is 0 Å². The predicted molar refractivity (Wildman–Crippen MR) is 58.0 cm³/mol. The van der Waals surface area contributed by atoms with E-state index in [0.717, 1.165) is 31.8 Å². The zero-order valence-corrected chi connectivity index (χ0v) is 9.57. The molecule has 0 saturated carbocycles. The van der Waals surface area contributed by atoms with Gasteiger partial charge in [0.05, 0.1) is 20.3 Å². The lowest BCUT2D eigenvalue weighted by atomic mass is 10.2. The summed E-state index contributed by atoms with van der Waals surface area (Å²) in [6.07, 6.45) is 3.92. The Morgan fingerprint density at radius 2 is 1.62 bits per heavy atom. The van der Waals surface area contributed by atoms with Crippen LogP contribution >= 0.6 is 0 Å². The van der Waals surface area contributed by atoms with Gasteiger partial charge in [0.25, 0.3) is 0 Å². The summed E-state index contributed by atoms with van der Waals surface area (Å²) in [6.45, 7) is 4.06. The molecule has 5 heteroatoms. The molecule has 0 bridgehead atoms. The number of esters is 1. The molecule has 0 atom stereocenters. The molecule has 0 amide bonds. The molecule has 0 aromatic heterocycles. The summed E-state index contributed by atoms with van der Waals surface area (Å²) < 4.78 is 13.8. The molecular weight excluding hydrogens is 212 g/mol. The topological polar surface area (TPSA) is 61.8 Å². The van der Waals surface area contributed by atoms with Crippen molar-refractivity contribution in [3.63, 3.8) is 0 Å². The summed E-state index contributed by atoms with van der Waals surface area (Å²) in [7, 11) is 1.27. The predicted octanol–water partition coefficient (Wildman–Crippen LogP) is 2.06. The molecule has 0 aliphatic carbocycles. The lowest BCUT2D eigenvalue weighted by Crippen LogP contribution is -2.05. The van der Waals surface area contributed by atoms with E-state index in [0.29, 0.717) is 13.2 Å². The fraction of sp³-hybridized carbons (Fsp3) is 0.636. The largest absolute Gasteiger partial charge is 0.507 e. The maximum absolute atomic E-state index is 10.6. The van der Waals surface area contributed by atoms with E-state index in [9.17, 15) is 9.59 Å². The first-order valence-electron chi connectivity index (χ1n) is 5.20. The van der Waals surface area contributed by atoms with E-state index in [1.165, 1.54) is 7.11 Å². The Hall–Kier alpha value is -1.52. The van der Waals surface area contributed by atoms with Crippen LogP contribution in [0, 0.1) is 0 Å². The van der Waals surface area contributed by atoms with Crippen LogP contribution in [0.4, 0.5) is 4.79 Å². The highest BCUT2D eigenvalue weighted by atomic mass is 16.7. The SMILES string of the molecule is C=CC(=O)OCCCCCCOC(=O)OC. The van der Waals surface area contributed by atoms with Gasteiger partial charge in [-0.1, -0.05) is 6.58 Å². The smallest absolute Gasteiger partial charge is 0.463 e. The van der Waals surface area contributed by atoms with Crippen molar-refractivity contribution in [2.75, 3.05) is 20.3 Å². The number of hydrogen-bond donors (Lipinski definition) is 0. The summed E-state index contributed by atoms with van der Waals surface area (Å²) in [5.41, 5.74) is 0. The second-order valence-corrected chi connectivity index (χ2v) is 3.09. The molecule has 0 radical (unpaired) electrons. The van der Waals surface area contributed by atoms with E-state index in [2.05, 4.69) is 11.3 Å². The molecule has 0 unspecified atom stereocenters. The third kappa shape index (κ3) is 9.05. The molecule has 0 aliphatic heterocycles. The van der Waals surface area contributed by atoms with Crippen LogP contribution in [0.2, 0.25) is 0 Å². The van der Waals surface area contributed by atoms with Crippen molar-refractivity contribution in [3.8, 4) is 0 Å². The number of carbonyl (C=O) groups excluding carboxylic acids is 2. The van der Waals surface area contributed by atoms with Gasteiger partial charge in [-0.25, -0.2) is 9.59 Å². The first-order valence-corrected chi connectivity index (χ1v) is 5.20. The summed E-state index contributed by atoms with van der Waals surface area (Å²) in [5.74, 6) is -0.394. The first kappa shape index (κ1) is 14.5. The number of ether oxygens (including phenoxy) is 3. The minimum absolute atomic E-state index is 0.360. The van der Waals surface area contributed by atoms with Gasteiger partial charge in [-0.05, 0) is 25.7 Å². The van der Waals surface area contributed by atoms with E-state index in [-0.39, 0.29) is 0 Å². The highest BCUT2D eigenvalue weighted by molar-refractivity contribution is 5.81. The van der Waals surface area contributed by atoms with Crippen molar-refractivity contribution in [2.24, 2.45) is 0 Å². The highest BCUT2D eigenvalue weighted by Crippen LogP contribution is 2.01. The lowest BCUT2D eigenvalue weighted by Gasteiger charge is -2.03. The van der Waals surface area contributed by atoms with Gasteiger partial charge in [0.1, 0.15) is 0 Å². The van der Waals surface area contributed by atoms with Crippen molar-refractivity contribution >= 4 is 12.1 Å². The second-order valence-electron chi connectivity index (χ2n) is 3.09. The van der Waals surface area contributed by atoms with Crippen LogP contribution in [-0.2, 0) is 19.0 Å². The van der Waals surface area contributed by atoms with E-state index in [1.807, 2.05) is 0 Å². The third-order valence-electron chi connectivity index (χ3n) is 1.84. The number of hydrogen-bond acceptors (Lipinski definition) is 5. The van der Waals surface area contributed by atoms with Crippen LogP contribution in [0.5, 0.6) is 0 Å². The van der Waals surface area contributed by atoms with Crippen molar-refractivity contribution in [3.05, 3.63) is 12.7 Å². The number of methoxy groups -OCH3 is 1. The maximum Gasteiger partial charge on any atom is 0.507 e. The summed E-state index contributed by atoms with van der Waals surface area (Å²) >= 11 is 0. The average molecular weight is 230 g/mol. The first-order chi connectivity index (χ1) is 7.70. The lowest BCUT2D eigenvalue weighted by molar-refractivity contribution is -0.137. The van der Waals surface area contributed by atoms with Crippen LogP contribution in [0.1, 0.15) is 25.7 Å². The van der Waals surface area contributed by atoms with E-state index in [4.69, 9.17) is 9.47 Å². The molecule has 0 aromatic rings. The fourth-order valence-electron chi connectivity index (χ4n) is 1.00. The Kier molecular flexibility index (Phi) is 9.06. The van der Waals surface area contributed by atoms with Crippen molar-refractivity contribution < 1.29 is 23.8 Å². The standard InChI is InChI=1S/C11H18O5/c1-3-10(12)15-8-6-4-5-7-9-16-11(13)14-2/h3H,1,4-9H2,2H3. The molecule has 0 spiro atoms. The Labute approximate surface area is 95.4 Å². The monoisotopic (exact) mass is 230 g/mol. The minimum atomic E-state index is -0.653. The Bertz CT molecular complexity index is 224. The van der Waals surface area contributed by atoms with Gasteiger partial charge in [-0.3, -0.25) is 0 Å². The second kappa shape index (κ2) is 10.0. The van der Waals surface area contributed by atoms with Crippen LogP contribution in [-0.4, -0.2) is 32.4 Å². The molecular formula is C11H18O5. The highest BCUT2D eigenvalue weighted by Gasteiger charge is 1.99. The van der Waals surface area contributed by atoms with Gasteiger partial charge in [-0.15, -0.1) is 0 Å². The Morgan fingerprint density at radius 3 is 2.12 bits per heavy atom. The van der Waals surface area contributed by atoms with Gasteiger partial charge in [0, 0.05) is 6.08 Å². The van der Waals surface area contributed by atoms with E-state index >= 15 is 0 Å². The summed E-state index contributed by atoms with van der Waals surface area (Å²) in [6, 6.07) is 0. The number of unbranched alkanes of at least 4 members (excludes halogenated alkanes) is 3. The normalized spacial score (nSPS) is 9.31. The molecule has 0 N–H and O–H groups in total. The van der Waals surface area contributed by atoms with Crippen molar-refractivity contribution in [2.45, 2.75) is 25.7 Å². The maximum atomic E-state index is 10.6. The number of carbonyl (C=O) groups is 2. The van der Waals surface area contributed by atoms with Gasteiger partial charge in [0.15, 0.2) is 0 Å². The van der Waals surface area contributed by atoms with Gasteiger partial charge in [-0.2, -0.15) is 0 Å². The number of rotatable bonds is 8. The molecule has 0 fully saturated rings. The molecule has 0 rings (SSSR count). The molecule has 0 heterocycles. The van der Waals surface area contributed by atoms with Gasteiger partial charge < -0.3 is 14.2 Å². The molecule has 5 nitrogen and oxygen atoms in total. The van der Waals surface area contributed by atoms with Gasteiger partial charge >= 0.3 is 12.1 Å². The van der Waals surface area contributed by atoms with E-state index in [1.54, 1.807) is 0 Å². The molecule has 92 valence electrons. The van der Waals surface area contributed by atoms with Crippen LogP contribution < -0.4 is 0 Å².